The Morgan fingerprint density at radius 1 is 0.974 bits per heavy atom. The average Bonchev–Trinajstić information content (AvgIpc) is 3.52. The van der Waals surface area contributed by atoms with E-state index in [1.54, 1.807) is 30.6 Å². The maximum atomic E-state index is 15.7. The number of aromatic amines is 2. The lowest BCUT2D eigenvalue weighted by Crippen LogP contribution is -2.21. The number of benzene rings is 1. The van der Waals surface area contributed by atoms with Gasteiger partial charge in [-0.25, -0.2) is 26.9 Å². The molecule has 38 heavy (non-hydrogen) atoms. The molecule has 0 aliphatic carbocycles. The summed E-state index contributed by atoms with van der Waals surface area (Å²) in [6.07, 6.45) is 8.71. The number of imidazole rings is 1. The van der Waals surface area contributed by atoms with Crippen molar-refractivity contribution in [3.05, 3.63) is 78.5 Å². The van der Waals surface area contributed by atoms with E-state index in [1.807, 2.05) is 0 Å². The molecule has 190 valence electrons. The second kappa shape index (κ2) is 9.04. The van der Waals surface area contributed by atoms with E-state index in [0.717, 1.165) is 6.26 Å². The number of hydrogen-bond donors (Lipinski definition) is 3. The van der Waals surface area contributed by atoms with Gasteiger partial charge in [0.1, 0.15) is 17.2 Å². The van der Waals surface area contributed by atoms with Crippen LogP contribution in [0.25, 0.3) is 55.8 Å². The normalized spacial score (nSPS) is 12.0. The fourth-order valence-electron chi connectivity index (χ4n) is 4.23. The summed E-state index contributed by atoms with van der Waals surface area (Å²) in [6, 6.07) is 7.62. The number of hydrogen-bond acceptors (Lipinski definition) is 7. The minimum Gasteiger partial charge on any atom is -0.335 e. The fraction of sp³-hybridized carbons (Fsp3) is 0.0800. The first kappa shape index (κ1) is 23.8. The molecule has 6 aromatic rings. The number of nitrogens with one attached hydrogen (secondary N) is 3. The summed E-state index contributed by atoms with van der Waals surface area (Å²) in [4.78, 5) is 20.3. The second-order valence-corrected chi connectivity index (χ2v) is 10.5. The van der Waals surface area contributed by atoms with Crippen molar-refractivity contribution in [2.75, 3.05) is 6.26 Å². The fourth-order valence-corrected chi connectivity index (χ4v) is 4.66. The first-order valence-electron chi connectivity index (χ1n) is 11.3. The van der Waals surface area contributed by atoms with Crippen molar-refractivity contribution in [2.45, 2.75) is 6.54 Å². The van der Waals surface area contributed by atoms with E-state index in [9.17, 15) is 12.8 Å². The van der Waals surface area contributed by atoms with Crippen LogP contribution in [0.5, 0.6) is 0 Å². The minimum atomic E-state index is -3.46. The van der Waals surface area contributed by atoms with Gasteiger partial charge in [0, 0.05) is 36.3 Å². The van der Waals surface area contributed by atoms with E-state index < -0.39 is 21.7 Å². The number of H-pyrrole nitrogens is 2. The summed E-state index contributed by atoms with van der Waals surface area (Å²) in [5, 5.41) is 7.26. The van der Waals surface area contributed by atoms with Crippen molar-refractivity contribution in [2.24, 2.45) is 0 Å². The molecule has 0 unspecified atom stereocenters. The highest BCUT2D eigenvalue weighted by Gasteiger charge is 2.21. The zero-order chi connectivity index (χ0) is 26.4. The molecule has 6 rings (SSSR count). The molecular weight excluding hydrogens is 514 g/mol. The van der Waals surface area contributed by atoms with Gasteiger partial charge in [-0.2, -0.15) is 5.10 Å². The predicted molar refractivity (Wildman–Crippen MR) is 137 cm³/mol. The second-order valence-electron chi connectivity index (χ2n) is 8.63. The lowest BCUT2D eigenvalue weighted by Gasteiger charge is -2.07. The molecule has 0 radical (unpaired) electrons. The van der Waals surface area contributed by atoms with Crippen molar-refractivity contribution in [3.8, 4) is 33.9 Å². The molecule has 1 aromatic carbocycles. The van der Waals surface area contributed by atoms with Crippen LogP contribution in [0.2, 0.25) is 0 Å². The predicted octanol–water partition coefficient (Wildman–Crippen LogP) is 3.95. The first-order valence-corrected chi connectivity index (χ1v) is 13.2. The number of nitrogens with zero attached hydrogens (tertiary/aromatic N) is 5. The monoisotopic (exact) mass is 532 g/mol. The number of halogens is 2. The van der Waals surface area contributed by atoms with Crippen molar-refractivity contribution >= 4 is 32.0 Å². The minimum absolute atomic E-state index is 0.0787. The lowest BCUT2D eigenvalue weighted by atomic mass is 10.0. The van der Waals surface area contributed by atoms with Gasteiger partial charge >= 0.3 is 0 Å². The highest BCUT2D eigenvalue weighted by Crippen LogP contribution is 2.34. The highest BCUT2D eigenvalue weighted by atomic mass is 32.2. The van der Waals surface area contributed by atoms with Crippen LogP contribution < -0.4 is 4.72 Å². The number of fused-ring (bicyclic) bond motifs is 2. The number of rotatable bonds is 6. The quantitative estimate of drug-likeness (QED) is 0.295. The molecule has 0 fully saturated rings. The van der Waals surface area contributed by atoms with Crippen molar-refractivity contribution in [1.82, 2.24) is 39.8 Å². The Balaban J connectivity index is 1.46. The Morgan fingerprint density at radius 3 is 2.63 bits per heavy atom. The summed E-state index contributed by atoms with van der Waals surface area (Å²) in [5.41, 5.74) is 3.63. The molecule has 5 heterocycles. The summed E-state index contributed by atoms with van der Waals surface area (Å²) < 4.78 is 55.5. The van der Waals surface area contributed by atoms with Gasteiger partial charge in [0.15, 0.2) is 11.6 Å². The van der Waals surface area contributed by atoms with Gasteiger partial charge in [-0.3, -0.25) is 20.1 Å². The van der Waals surface area contributed by atoms with Gasteiger partial charge in [-0.15, -0.1) is 0 Å². The zero-order valence-corrected chi connectivity index (χ0v) is 20.5. The van der Waals surface area contributed by atoms with Crippen LogP contribution in [0.1, 0.15) is 5.56 Å². The van der Waals surface area contributed by atoms with E-state index >= 15 is 4.39 Å². The molecule has 0 spiro atoms. The number of pyridine rings is 3. The molecule has 0 saturated carbocycles. The summed E-state index contributed by atoms with van der Waals surface area (Å²) in [5.74, 6) is -0.847. The number of sulfonamides is 1. The van der Waals surface area contributed by atoms with Gasteiger partial charge in [0.05, 0.1) is 40.6 Å². The smallest absolute Gasteiger partial charge is 0.209 e. The van der Waals surface area contributed by atoms with E-state index in [1.165, 1.54) is 30.7 Å². The van der Waals surface area contributed by atoms with E-state index in [4.69, 9.17) is 0 Å². The Hall–Kier alpha value is -4.62. The standard InChI is InChI=1S/C25H18F2N8O2S/c1-38(36,37)31-8-13-5-15(7-16(26)6-13)17-10-29-11-19-23(17)33-25(32-19)24-20-18(34-35-24)12-30-22(21(20)27)14-3-2-4-28-9-14/h2-7,9-12,31H,8H2,1H3,(H,32,33)(H,34,35). The lowest BCUT2D eigenvalue weighted by molar-refractivity contribution is 0.586. The molecule has 0 bridgehead atoms. The largest absolute Gasteiger partial charge is 0.335 e. The maximum absolute atomic E-state index is 15.7. The van der Waals surface area contributed by atoms with Crippen LogP contribution in [0.3, 0.4) is 0 Å². The molecule has 10 nitrogen and oxygen atoms in total. The van der Waals surface area contributed by atoms with Gasteiger partial charge < -0.3 is 4.98 Å². The Morgan fingerprint density at radius 2 is 1.84 bits per heavy atom. The van der Waals surface area contributed by atoms with Crippen LogP contribution >= 0.6 is 0 Å². The average molecular weight is 533 g/mol. The molecule has 0 atom stereocenters. The highest BCUT2D eigenvalue weighted by molar-refractivity contribution is 7.88. The Labute approximate surface area is 214 Å². The third kappa shape index (κ3) is 4.37. The molecule has 0 aliphatic rings. The first-order chi connectivity index (χ1) is 18.3. The third-order valence-electron chi connectivity index (χ3n) is 5.90. The van der Waals surface area contributed by atoms with E-state index in [-0.39, 0.29) is 29.1 Å². The van der Waals surface area contributed by atoms with Crippen LogP contribution in [0.15, 0.2) is 61.3 Å². The molecule has 0 saturated heterocycles. The van der Waals surface area contributed by atoms with Crippen molar-refractivity contribution in [1.29, 1.82) is 0 Å². The van der Waals surface area contributed by atoms with Crippen LogP contribution in [-0.2, 0) is 16.6 Å². The van der Waals surface area contributed by atoms with Gasteiger partial charge in [-0.1, -0.05) is 0 Å². The topological polar surface area (TPSA) is 142 Å². The molecule has 3 N–H and O–H groups in total. The van der Waals surface area contributed by atoms with Crippen LogP contribution in [0.4, 0.5) is 8.78 Å². The number of aromatic nitrogens is 7. The maximum Gasteiger partial charge on any atom is 0.209 e. The molecule has 0 aliphatic heterocycles. The summed E-state index contributed by atoms with van der Waals surface area (Å²) in [7, 11) is -3.46. The molecule has 5 aromatic heterocycles. The SMILES string of the molecule is CS(=O)(=O)NCc1cc(F)cc(-c2cncc3[nH]c(-c4n[nH]c5cnc(-c6cccnc6)c(F)c45)nc23)c1. The Kier molecular flexibility index (Phi) is 5.65. The van der Waals surface area contributed by atoms with Crippen LogP contribution in [-0.4, -0.2) is 49.8 Å². The summed E-state index contributed by atoms with van der Waals surface area (Å²) in [6.45, 7) is -0.0787. The third-order valence-corrected chi connectivity index (χ3v) is 6.57. The van der Waals surface area contributed by atoms with Crippen molar-refractivity contribution < 1.29 is 17.2 Å². The molecule has 0 amide bonds. The van der Waals surface area contributed by atoms with E-state index in [2.05, 4.69) is 39.8 Å². The van der Waals surface area contributed by atoms with E-state index in [0.29, 0.717) is 38.8 Å². The molecular formula is C25H18F2N8O2S. The van der Waals surface area contributed by atoms with Crippen molar-refractivity contribution in [3.63, 3.8) is 0 Å². The zero-order valence-electron chi connectivity index (χ0n) is 19.7. The van der Waals surface area contributed by atoms with Crippen LogP contribution in [0, 0.1) is 11.6 Å². The summed E-state index contributed by atoms with van der Waals surface area (Å²) >= 11 is 0. The van der Waals surface area contributed by atoms with Gasteiger partial charge in [-0.05, 0) is 41.5 Å². The van der Waals surface area contributed by atoms with Gasteiger partial charge in [0.2, 0.25) is 10.0 Å². The van der Waals surface area contributed by atoms with Gasteiger partial charge in [0.25, 0.3) is 0 Å². The Bertz CT molecular complexity index is 1940. The molecule has 13 heteroatoms.